The van der Waals surface area contributed by atoms with E-state index in [1.165, 1.54) is 12.1 Å². The lowest BCUT2D eigenvalue weighted by atomic mass is 10.1. The lowest BCUT2D eigenvalue weighted by Gasteiger charge is -2.09. The van der Waals surface area contributed by atoms with Gasteiger partial charge in [0.15, 0.2) is 0 Å². The quantitative estimate of drug-likeness (QED) is 0.802. The Morgan fingerprint density at radius 3 is 2.11 bits per heavy atom. The van der Waals surface area contributed by atoms with Crippen LogP contribution >= 0.6 is 0 Å². The predicted molar refractivity (Wildman–Crippen MR) is 67.4 cm³/mol. The molecule has 0 saturated heterocycles. The van der Waals surface area contributed by atoms with Crippen LogP contribution in [-0.4, -0.2) is 9.78 Å². The van der Waals surface area contributed by atoms with Gasteiger partial charge in [0.2, 0.25) is 0 Å². The summed E-state index contributed by atoms with van der Waals surface area (Å²) >= 11 is 0. The minimum atomic E-state index is -4.30. The lowest BCUT2D eigenvalue weighted by molar-refractivity contribution is -0.137. The molecule has 0 radical (unpaired) electrons. The second kappa shape index (κ2) is 4.72. The molecule has 0 aliphatic rings. The Morgan fingerprint density at radius 2 is 1.68 bits per heavy atom. The number of aryl methyl sites for hydroxylation is 1. The van der Waals surface area contributed by atoms with Crippen molar-refractivity contribution in [1.82, 2.24) is 9.78 Å². The van der Waals surface area contributed by atoms with E-state index < -0.39 is 11.7 Å². The van der Waals surface area contributed by atoms with E-state index >= 15 is 0 Å². The van der Waals surface area contributed by atoms with Crippen LogP contribution in [0.4, 0.5) is 13.2 Å². The molecule has 0 bridgehead atoms. The van der Waals surface area contributed by atoms with Crippen molar-refractivity contribution in [2.75, 3.05) is 0 Å². The Morgan fingerprint density at radius 1 is 1.11 bits per heavy atom. The summed E-state index contributed by atoms with van der Waals surface area (Å²) in [5.74, 6) is 0. The Balaban J connectivity index is 2.43. The average Bonchev–Trinajstić information content (AvgIpc) is 2.63. The van der Waals surface area contributed by atoms with Gasteiger partial charge in [0, 0.05) is 5.69 Å². The second-order valence-electron chi connectivity index (χ2n) is 4.46. The molecule has 19 heavy (non-hydrogen) atoms. The number of hydrogen-bond acceptors (Lipinski definition) is 1. The monoisotopic (exact) mass is 268 g/mol. The highest BCUT2D eigenvalue weighted by molar-refractivity contribution is 5.39. The summed E-state index contributed by atoms with van der Waals surface area (Å²) in [5, 5.41) is 4.38. The van der Waals surface area contributed by atoms with Crippen molar-refractivity contribution in [1.29, 1.82) is 0 Å². The Hall–Kier alpha value is -1.78. The number of hydrogen-bond donors (Lipinski definition) is 0. The van der Waals surface area contributed by atoms with Crippen LogP contribution in [-0.2, 0) is 12.6 Å². The largest absolute Gasteiger partial charge is 0.416 e. The van der Waals surface area contributed by atoms with E-state index in [1.807, 2.05) is 20.8 Å². The van der Waals surface area contributed by atoms with E-state index in [0.29, 0.717) is 5.69 Å². The smallest absolute Gasteiger partial charge is 0.238 e. The Labute approximate surface area is 109 Å². The molecule has 1 aromatic carbocycles. The summed E-state index contributed by atoms with van der Waals surface area (Å²) in [7, 11) is 0. The van der Waals surface area contributed by atoms with E-state index in [2.05, 4.69) is 5.10 Å². The van der Waals surface area contributed by atoms with Gasteiger partial charge in [0.1, 0.15) is 0 Å². The zero-order chi connectivity index (χ0) is 14.2. The highest BCUT2D eigenvalue weighted by Gasteiger charge is 2.30. The minimum absolute atomic E-state index is 0.645. The van der Waals surface area contributed by atoms with Crippen LogP contribution in [0.25, 0.3) is 5.69 Å². The summed E-state index contributed by atoms with van der Waals surface area (Å²) in [6.45, 7) is 5.87. The van der Waals surface area contributed by atoms with Gasteiger partial charge in [-0.2, -0.15) is 18.3 Å². The van der Waals surface area contributed by atoms with Crippen LogP contribution in [0.1, 0.15) is 29.4 Å². The molecule has 0 fully saturated rings. The van der Waals surface area contributed by atoms with E-state index in [4.69, 9.17) is 0 Å². The molecule has 0 unspecified atom stereocenters. The maximum atomic E-state index is 12.5. The summed E-state index contributed by atoms with van der Waals surface area (Å²) < 4.78 is 39.2. The first-order chi connectivity index (χ1) is 8.84. The van der Waals surface area contributed by atoms with Gasteiger partial charge in [-0.25, -0.2) is 4.68 Å². The number of halogens is 3. The van der Waals surface area contributed by atoms with Gasteiger partial charge in [0.25, 0.3) is 0 Å². The fourth-order valence-corrected chi connectivity index (χ4v) is 2.23. The van der Waals surface area contributed by atoms with Crippen LogP contribution in [0, 0.1) is 13.8 Å². The molecule has 0 aliphatic heterocycles. The number of rotatable bonds is 2. The second-order valence-corrected chi connectivity index (χ2v) is 4.46. The van der Waals surface area contributed by atoms with Crippen LogP contribution in [0.3, 0.4) is 0 Å². The van der Waals surface area contributed by atoms with Crippen molar-refractivity contribution in [3.8, 4) is 5.69 Å². The van der Waals surface area contributed by atoms with Crippen LogP contribution < -0.4 is 0 Å². The third-order valence-electron chi connectivity index (χ3n) is 3.23. The standard InChI is InChI=1S/C14H15F3N2/c1-4-13-9(2)18-19(10(13)3)12-7-5-11(6-8-12)14(15,16)17/h5-8H,4H2,1-3H3. The Bertz CT molecular complexity index is 580. The van der Waals surface area contributed by atoms with Gasteiger partial charge in [-0.1, -0.05) is 6.92 Å². The molecular formula is C14H15F3N2. The molecule has 2 aromatic rings. The predicted octanol–water partition coefficient (Wildman–Crippen LogP) is 4.07. The van der Waals surface area contributed by atoms with Gasteiger partial charge in [-0.15, -0.1) is 0 Å². The van der Waals surface area contributed by atoms with Gasteiger partial charge in [-0.05, 0) is 50.1 Å². The number of alkyl halides is 3. The maximum absolute atomic E-state index is 12.5. The molecule has 0 amide bonds. The SMILES string of the molecule is CCc1c(C)nn(-c2ccc(C(F)(F)F)cc2)c1C. The molecule has 1 heterocycles. The number of aromatic nitrogens is 2. The average molecular weight is 268 g/mol. The first-order valence-electron chi connectivity index (χ1n) is 6.07. The third-order valence-corrected chi connectivity index (χ3v) is 3.23. The molecule has 2 rings (SSSR count). The summed E-state index contributed by atoms with van der Waals surface area (Å²) in [5.41, 5.74) is 3.03. The summed E-state index contributed by atoms with van der Waals surface area (Å²) in [6, 6.07) is 5.05. The van der Waals surface area contributed by atoms with Crippen LogP contribution in [0.2, 0.25) is 0 Å². The van der Waals surface area contributed by atoms with E-state index in [1.54, 1.807) is 4.68 Å². The first kappa shape index (κ1) is 13.6. The van der Waals surface area contributed by atoms with Crippen molar-refractivity contribution in [3.63, 3.8) is 0 Å². The maximum Gasteiger partial charge on any atom is 0.416 e. The summed E-state index contributed by atoms with van der Waals surface area (Å²) in [6.07, 6.45) is -3.44. The molecule has 0 saturated carbocycles. The van der Waals surface area contributed by atoms with Crippen molar-refractivity contribution in [3.05, 3.63) is 46.8 Å². The minimum Gasteiger partial charge on any atom is -0.238 e. The molecular weight excluding hydrogens is 253 g/mol. The molecule has 0 spiro atoms. The van der Waals surface area contributed by atoms with Crippen molar-refractivity contribution < 1.29 is 13.2 Å². The highest BCUT2D eigenvalue weighted by atomic mass is 19.4. The van der Waals surface area contributed by atoms with Crippen molar-refractivity contribution >= 4 is 0 Å². The topological polar surface area (TPSA) is 17.8 Å². The molecule has 0 aliphatic carbocycles. The zero-order valence-corrected chi connectivity index (χ0v) is 11.0. The molecule has 0 atom stereocenters. The van der Waals surface area contributed by atoms with Crippen LogP contribution in [0.5, 0.6) is 0 Å². The van der Waals surface area contributed by atoms with E-state index in [9.17, 15) is 13.2 Å². The summed E-state index contributed by atoms with van der Waals surface area (Å²) in [4.78, 5) is 0. The fourth-order valence-electron chi connectivity index (χ4n) is 2.23. The van der Waals surface area contributed by atoms with Crippen molar-refractivity contribution in [2.45, 2.75) is 33.4 Å². The molecule has 2 nitrogen and oxygen atoms in total. The van der Waals surface area contributed by atoms with E-state index in [-0.39, 0.29) is 0 Å². The number of nitrogens with zero attached hydrogens (tertiary/aromatic N) is 2. The third kappa shape index (κ3) is 2.50. The fraction of sp³-hybridized carbons (Fsp3) is 0.357. The normalized spacial score (nSPS) is 11.9. The van der Waals surface area contributed by atoms with Crippen LogP contribution in [0.15, 0.2) is 24.3 Å². The van der Waals surface area contributed by atoms with Gasteiger partial charge < -0.3 is 0 Å². The lowest BCUT2D eigenvalue weighted by Crippen LogP contribution is -2.06. The molecule has 102 valence electrons. The molecule has 1 aromatic heterocycles. The number of benzene rings is 1. The van der Waals surface area contributed by atoms with Gasteiger partial charge >= 0.3 is 6.18 Å². The van der Waals surface area contributed by atoms with E-state index in [0.717, 1.165) is 35.5 Å². The van der Waals surface area contributed by atoms with Crippen molar-refractivity contribution in [2.24, 2.45) is 0 Å². The zero-order valence-electron chi connectivity index (χ0n) is 11.0. The van der Waals surface area contributed by atoms with Gasteiger partial charge in [0.05, 0.1) is 16.9 Å². The first-order valence-corrected chi connectivity index (χ1v) is 6.07. The Kier molecular flexibility index (Phi) is 3.39. The van der Waals surface area contributed by atoms with Gasteiger partial charge in [-0.3, -0.25) is 0 Å². The highest BCUT2D eigenvalue weighted by Crippen LogP contribution is 2.30. The molecule has 5 heteroatoms. The molecule has 0 N–H and O–H groups in total.